The molecule has 20 heavy (non-hydrogen) atoms. The summed E-state index contributed by atoms with van der Waals surface area (Å²) in [5, 5.41) is 22.5. The lowest BCUT2D eigenvalue weighted by Crippen LogP contribution is -2.38. The summed E-state index contributed by atoms with van der Waals surface area (Å²) in [6.45, 7) is 3.76. The molecule has 2 rings (SSSR count). The van der Waals surface area contributed by atoms with Gasteiger partial charge in [-0.3, -0.25) is 0 Å². The fourth-order valence-electron chi connectivity index (χ4n) is 1.97. The number of rotatable bonds is 5. The first kappa shape index (κ1) is 14.3. The van der Waals surface area contributed by atoms with Gasteiger partial charge in [-0.15, -0.1) is 0 Å². The minimum Gasteiger partial charge on any atom is -0.478 e. The van der Waals surface area contributed by atoms with Gasteiger partial charge in [0.1, 0.15) is 5.82 Å². The summed E-state index contributed by atoms with van der Waals surface area (Å²) in [7, 11) is 0. The number of benzene rings is 1. The van der Waals surface area contributed by atoms with Crippen LogP contribution in [0.4, 0.5) is 5.82 Å². The Morgan fingerprint density at radius 1 is 1.40 bits per heavy atom. The normalized spacial score (nSPS) is 13.9. The minimum atomic E-state index is -0.992. The molecular formula is C15H18N2O3. The molecule has 0 aliphatic carbocycles. The predicted molar refractivity (Wildman–Crippen MR) is 78.1 cm³/mol. The quantitative estimate of drug-likeness (QED) is 0.780. The number of carboxylic acids is 1. The maximum absolute atomic E-state index is 11.4. The van der Waals surface area contributed by atoms with Gasteiger partial charge in [-0.25, -0.2) is 9.78 Å². The molecule has 0 amide bonds. The van der Waals surface area contributed by atoms with Crippen molar-refractivity contribution in [3.8, 4) is 0 Å². The molecule has 3 N–H and O–H groups in total. The van der Waals surface area contributed by atoms with Crippen molar-refractivity contribution in [3.63, 3.8) is 0 Å². The lowest BCUT2D eigenvalue weighted by molar-refractivity contribution is 0.0699. The standard InChI is InChI=1S/C15H18N2O3/c1-3-15(2,9-18)17-13-8-11(14(19)20)10-6-4-5-7-12(10)16-13/h4-8,18H,3,9H2,1-2H3,(H,16,17)(H,19,20). The van der Waals surface area contributed by atoms with Crippen LogP contribution in [0.1, 0.15) is 30.6 Å². The number of hydrogen-bond donors (Lipinski definition) is 3. The van der Waals surface area contributed by atoms with Crippen LogP contribution in [0.2, 0.25) is 0 Å². The third-order valence-corrected chi connectivity index (χ3v) is 3.51. The van der Waals surface area contributed by atoms with Crippen LogP contribution < -0.4 is 5.32 Å². The van der Waals surface area contributed by atoms with Crippen LogP contribution >= 0.6 is 0 Å². The summed E-state index contributed by atoms with van der Waals surface area (Å²) in [6.07, 6.45) is 0.695. The molecule has 0 aliphatic rings. The first-order chi connectivity index (χ1) is 9.49. The SMILES string of the molecule is CCC(C)(CO)Nc1cc(C(=O)O)c2ccccc2n1. The van der Waals surface area contributed by atoms with E-state index in [9.17, 15) is 15.0 Å². The van der Waals surface area contributed by atoms with Gasteiger partial charge in [0.05, 0.1) is 23.2 Å². The molecule has 2 aromatic rings. The zero-order chi connectivity index (χ0) is 14.8. The Kier molecular flexibility index (Phi) is 3.90. The van der Waals surface area contributed by atoms with Crippen LogP contribution in [0, 0.1) is 0 Å². The van der Waals surface area contributed by atoms with E-state index in [2.05, 4.69) is 10.3 Å². The number of aliphatic hydroxyl groups excluding tert-OH is 1. The topological polar surface area (TPSA) is 82.5 Å². The molecule has 0 bridgehead atoms. The molecule has 106 valence electrons. The second-order valence-electron chi connectivity index (χ2n) is 5.07. The van der Waals surface area contributed by atoms with Crippen molar-refractivity contribution in [1.82, 2.24) is 4.98 Å². The lowest BCUT2D eigenvalue weighted by atomic mass is 10.00. The van der Waals surface area contributed by atoms with Crippen molar-refractivity contribution in [3.05, 3.63) is 35.9 Å². The van der Waals surface area contributed by atoms with Crippen molar-refractivity contribution in [1.29, 1.82) is 0 Å². The summed E-state index contributed by atoms with van der Waals surface area (Å²) in [4.78, 5) is 15.8. The number of carbonyl (C=O) groups is 1. The Hall–Kier alpha value is -2.14. The van der Waals surface area contributed by atoms with E-state index in [4.69, 9.17) is 0 Å². The third kappa shape index (κ3) is 2.72. The summed E-state index contributed by atoms with van der Waals surface area (Å²) in [5.74, 6) is -0.534. The van der Waals surface area contributed by atoms with E-state index < -0.39 is 11.5 Å². The molecule has 1 atom stereocenters. The fourth-order valence-corrected chi connectivity index (χ4v) is 1.97. The van der Waals surface area contributed by atoms with Crippen LogP contribution in [-0.2, 0) is 0 Å². The number of aliphatic hydroxyl groups is 1. The Bertz CT molecular complexity index is 636. The van der Waals surface area contributed by atoms with Crippen molar-refractivity contribution in [2.45, 2.75) is 25.8 Å². The van der Waals surface area contributed by atoms with Crippen LogP contribution in [0.5, 0.6) is 0 Å². The monoisotopic (exact) mass is 274 g/mol. The molecule has 0 saturated heterocycles. The zero-order valence-electron chi connectivity index (χ0n) is 11.6. The maximum atomic E-state index is 11.4. The number of hydrogen-bond acceptors (Lipinski definition) is 4. The second kappa shape index (κ2) is 5.46. The lowest BCUT2D eigenvalue weighted by Gasteiger charge is -2.28. The summed E-state index contributed by atoms with van der Waals surface area (Å²) in [5.41, 5.74) is 0.298. The smallest absolute Gasteiger partial charge is 0.336 e. The Morgan fingerprint density at radius 2 is 2.10 bits per heavy atom. The maximum Gasteiger partial charge on any atom is 0.336 e. The van der Waals surface area contributed by atoms with E-state index in [0.29, 0.717) is 23.1 Å². The van der Waals surface area contributed by atoms with Crippen LogP contribution in [0.3, 0.4) is 0 Å². The highest BCUT2D eigenvalue weighted by atomic mass is 16.4. The summed E-state index contributed by atoms with van der Waals surface area (Å²) in [6, 6.07) is 8.62. The summed E-state index contributed by atoms with van der Waals surface area (Å²) < 4.78 is 0. The number of carboxylic acid groups (broad SMARTS) is 1. The van der Waals surface area contributed by atoms with Gasteiger partial charge in [0, 0.05) is 5.39 Å². The molecule has 1 unspecified atom stereocenters. The number of aromatic nitrogens is 1. The van der Waals surface area contributed by atoms with E-state index in [0.717, 1.165) is 0 Å². The Labute approximate surface area is 117 Å². The predicted octanol–water partition coefficient (Wildman–Crippen LogP) is 2.51. The molecule has 0 radical (unpaired) electrons. The van der Waals surface area contributed by atoms with E-state index in [1.54, 1.807) is 18.2 Å². The molecule has 0 saturated carbocycles. The van der Waals surface area contributed by atoms with Crippen molar-refractivity contribution in [2.24, 2.45) is 0 Å². The molecule has 5 nitrogen and oxygen atoms in total. The second-order valence-corrected chi connectivity index (χ2v) is 5.07. The number of anilines is 1. The van der Waals surface area contributed by atoms with Gasteiger partial charge < -0.3 is 15.5 Å². The fraction of sp³-hybridized carbons (Fsp3) is 0.333. The molecule has 5 heteroatoms. The van der Waals surface area contributed by atoms with Gasteiger partial charge in [-0.1, -0.05) is 25.1 Å². The van der Waals surface area contributed by atoms with E-state index in [-0.39, 0.29) is 12.2 Å². The molecule has 0 aliphatic heterocycles. The van der Waals surface area contributed by atoms with Crippen LogP contribution in [0.25, 0.3) is 10.9 Å². The number of pyridine rings is 1. The zero-order valence-corrected chi connectivity index (χ0v) is 11.6. The van der Waals surface area contributed by atoms with Gasteiger partial charge in [-0.2, -0.15) is 0 Å². The van der Waals surface area contributed by atoms with Gasteiger partial charge >= 0.3 is 5.97 Å². The molecule has 1 heterocycles. The summed E-state index contributed by atoms with van der Waals surface area (Å²) >= 11 is 0. The highest BCUT2D eigenvalue weighted by Gasteiger charge is 2.22. The van der Waals surface area contributed by atoms with Crippen molar-refractivity contribution in [2.75, 3.05) is 11.9 Å². The number of fused-ring (bicyclic) bond motifs is 1. The van der Waals surface area contributed by atoms with E-state index in [1.165, 1.54) is 6.07 Å². The largest absolute Gasteiger partial charge is 0.478 e. The van der Waals surface area contributed by atoms with Gasteiger partial charge in [0.2, 0.25) is 0 Å². The first-order valence-corrected chi connectivity index (χ1v) is 6.51. The minimum absolute atomic E-state index is 0.0551. The number of para-hydroxylation sites is 1. The van der Waals surface area contributed by atoms with Crippen molar-refractivity contribution >= 4 is 22.7 Å². The first-order valence-electron chi connectivity index (χ1n) is 6.51. The Morgan fingerprint density at radius 3 is 2.70 bits per heavy atom. The third-order valence-electron chi connectivity index (χ3n) is 3.51. The molecule has 0 fully saturated rings. The number of aromatic carboxylic acids is 1. The van der Waals surface area contributed by atoms with E-state index in [1.807, 2.05) is 19.9 Å². The molecule has 1 aromatic heterocycles. The Balaban J connectivity index is 2.53. The molecule has 0 spiro atoms. The highest BCUT2D eigenvalue weighted by Crippen LogP contribution is 2.23. The van der Waals surface area contributed by atoms with Crippen LogP contribution in [-0.4, -0.2) is 33.3 Å². The van der Waals surface area contributed by atoms with Crippen LogP contribution in [0.15, 0.2) is 30.3 Å². The number of nitrogens with one attached hydrogen (secondary N) is 1. The molecular weight excluding hydrogens is 256 g/mol. The highest BCUT2D eigenvalue weighted by molar-refractivity contribution is 6.03. The average Bonchev–Trinajstić information content (AvgIpc) is 2.46. The van der Waals surface area contributed by atoms with Gasteiger partial charge in [0.15, 0.2) is 0 Å². The van der Waals surface area contributed by atoms with Gasteiger partial charge in [0.25, 0.3) is 0 Å². The van der Waals surface area contributed by atoms with Gasteiger partial charge in [-0.05, 0) is 25.5 Å². The molecule has 1 aromatic carbocycles. The average molecular weight is 274 g/mol. The van der Waals surface area contributed by atoms with E-state index >= 15 is 0 Å². The number of nitrogens with zero attached hydrogens (tertiary/aromatic N) is 1. The van der Waals surface area contributed by atoms with Crippen molar-refractivity contribution < 1.29 is 15.0 Å².